The lowest BCUT2D eigenvalue weighted by atomic mass is 10.1. The Morgan fingerprint density at radius 3 is 2.59 bits per heavy atom. The lowest BCUT2D eigenvalue weighted by molar-refractivity contribution is -0.388. The standard InChI is InChI=1S/C17H11F3N4O2S/c18-17(19,20)13-7-6-11(8-15(13)24(25)26)9-21-23-16-22-14(10-27-16)12-4-2-1-3-5-12/h1-10H,(H,22,23). The molecule has 0 saturated heterocycles. The summed E-state index contributed by atoms with van der Waals surface area (Å²) in [5, 5.41) is 17.1. The zero-order chi connectivity index (χ0) is 19.4. The maximum atomic E-state index is 12.8. The predicted octanol–water partition coefficient (Wildman–Crippen LogP) is 5.18. The molecular weight excluding hydrogens is 381 g/mol. The Bertz CT molecular complexity index is 987. The van der Waals surface area contributed by atoms with E-state index >= 15 is 0 Å². The van der Waals surface area contributed by atoms with E-state index in [2.05, 4.69) is 15.5 Å². The topological polar surface area (TPSA) is 80.4 Å². The summed E-state index contributed by atoms with van der Waals surface area (Å²) in [6.07, 6.45) is -3.61. The number of nitrogens with zero attached hydrogens (tertiary/aromatic N) is 3. The zero-order valence-corrected chi connectivity index (χ0v) is 14.3. The molecule has 3 rings (SSSR count). The van der Waals surface area contributed by atoms with Gasteiger partial charge in [-0.15, -0.1) is 11.3 Å². The number of halogens is 3. The van der Waals surface area contributed by atoms with Crippen LogP contribution in [0.5, 0.6) is 0 Å². The number of hydrogen-bond donors (Lipinski definition) is 1. The van der Waals surface area contributed by atoms with Gasteiger partial charge in [-0.3, -0.25) is 15.5 Å². The molecule has 0 amide bonds. The fraction of sp³-hybridized carbons (Fsp3) is 0.0588. The number of alkyl halides is 3. The summed E-state index contributed by atoms with van der Waals surface area (Å²) in [7, 11) is 0. The van der Waals surface area contributed by atoms with Crippen LogP contribution in [0, 0.1) is 10.1 Å². The molecule has 138 valence electrons. The van der Waals surface area contributed by atoms with E-state index < -0.39 is 22.4 Å². The van der Waals surface area contributed by atoms with E-state index in [4.69, 9.17) is 0 Å². The van der Waals surface area contributed by atoms with Gasteiger partial charge >= 0.3 is 6.18 Å². The van der Waals surface area contributed by atoms with E-state index in [-0.39, 0.29) is 5.56 Å². The Balaban J connectivity index is 1.74. The Labute approximate surface area is 155 Å². The molecule has 1 aromatic heterocycles. The average molecular weight is 392 g/mol. The summed E-state index contributed by atoms with van der Waals surface area (Å²) < 4.78 is 38.4. The van der Waals surface area contributed by atoms with Crippen LogP contribution in [-0.4, -0.2) is 16.1 Å². The number of nitro groups is 1. The lowest BCUT2D eigenvalue weighted by Crippen LogP contribution is -2.09. The molecule has 0 aliphatic carbocycles. The number of hydrazone groups is 1. The van der Waals surface area contributed by atoms with Crippen molar-refractivity contribution in [1.29, 1.82) is 0 Å². The number of hydrogen-bond acceptors (Lipinski definition) is 6. The van der Waals surface area contributed by atoms with Crippen molar-refractivity contribution in [1.82, 2.24) is 4.98 Å². The maximum absolute atomic E-state index is 12.8. The minimum atomic E-state index is -4.80. The first-order valence-electron chi connectivity index (χ1n) is 7.50. The molecule has 1 heterocycles. The molecule has 0 spiro atoms. The summed E-state index contributed by atoms with van der Waals surface area (Å²) >= 11 is 1.30. The number of rotatable bonds is 5. The van der Waals surface area contributed by atoms with Gasteiger partial charge in [-0.25, -0.2) is 4.98 Å². The van der Waals surface area contributed by atoms with Crippen LogP contribution >= 0.6 is 11.3 Å². The quantitative estimate of drug-likeness (QED) is 0.368. The van der Waals surface area contributed by atoms with Crippen LogP contribution in [0.4, 0.5) is 24.0 Å². The minimum absolute atomic E-state index is 0.155. The first kappa shape index (κ1) is 18.5. The Morgan fingerprint density at radius 1 is 1.19 bits per heavy atom. The van der Waals surface area contributed by atoms with Crippen molar-refractivity contribution in [3.63, 3.8) is 0 Å². The highest BCUT2D eigenvalue weighted by Crippen LogP contribution is 2.36. The molecule has 0 atom stereocenters. The van der Waals surface area contributed by atoms with Gasteiger partial charge in [0.2, 0.25) is 5.13 Å². The number of benzene rings is 2. The highest BCUT2D eigenvalue weighted by atomic mass is 32.1. The number of nitro benzene ring substituents is 1. The molecule has 0 radical (unpaired) electrons. The van der Waals surface area contributed by atoms with Crippen LogP contribution < -0.4 is 5.43 Å². The Morgan fingerprint density at radius 2 is 1.93 bits per heavy atom. The van der Waals surface area contributed by atoms with Crippen molar-refractivity contribution < 1.29 is 18.1 Å². The van der Waals surface area contributed by atoms with Crippen LogP contribution in [0.25, 0.3) is 11.3 Å². The summed E-state index contributed by atoms with van der Waals surface area (Å²) in [5.41, 5.74) is 2.18. The third-order valence-electron chi connectivity index (χ3n) is 3.47. The van der Waals surface area contributed by atoms with Crippen molar-refractivity contribution in [3.8, 4) is 11.3 Å². The van der Waals surface area contributed by atoms with E-state index in [1.165, 1.54) is 17.6 Å². The van der Waals surface area contributed by atoms with Crippen molar-refractivity contribution in [2.45, 2.75) is 6.18 Å². The van der Waals surface area contributed by atoms with Crippen LogP contribution in [0.3, 0.4) is 0 Å². The zero-order valence-electron chi connectivity index (χ0n) is 13.5. The lowest BCUT2D eigenvalue weighted by Gasteiger charge is -2.07. The van der Waals surface area contributed by atoms with Gasteiger partial charge in [0.1, 0.15) is 5.56 Å². The van der Waals surface area contributed by atoms with E-state index in [0.717, 1.165) is 23.4 Å². The van der Waals surface area contributed by atoms with Crippen LogP contribution in [0.1, 0.15) is 11.1 Å². The summed E-state index contributed by atoms with van der Waals surface area (Å²) in [6.45, 7) is 0. The molecule has 0 bridgehead atoms. The molecule has 10 heteroatoms. The number of nitrogens with one attached hydrogen (secondary N) is 1. The molecule has 6 nitrogen and oxygen atoms in total. The van der Waals surface area contributed by atoms with Gasteiger partial charge in [0.15, 0.2) is 0 Å². The van der Waals surface area contributed by atoms with Gasteiger partial charge in [-0.05, 0) is 6.07 Å². The summed E-state index contributed by atoms with van der Waals surface area (Å²) in [4.78, 5) is 14.2. The van der Waals surface area contributed by atoms with Gasteiger partial charge in [0, 0.05) is 22.6 Å². The molecule has 0 aliphatic rings. The maximum Gasteiger partial charge on any atom is 0.422 e. The van der Waals surface area contributed by atoms with E-state index in [1.54, 1.807) is 0 Å². The molecule has 2 aromatic carbocycles. The third-order valence-corrected chi connectivity index (χ3v) is 4.22. The van der Waals surface area contributed by atoms with Crippen LogP contribution in [0.15, 0.2) is 59.0 Å². The molecule has 1 N–H and O–H groups in total. The molecule has 0 aliphatic heterocycles. The molecular formula is C17H11F3N4O2S. The largest absolute Gasteiger partial charge is 0.422 e. The van der Waals surface area contributed by atoms with E-state index in [1.807, 2.05) is 35.7 Å². The smallest absolute Gasteiger partial charge is 0.258 e. The highest BCUT2D eigenvalue weighted by molar-refractivity contribution is 7.14. The van der Waals surface area contributed by atoms with Crippen molar-refractivity contribution in [3.05, 3.63) is 75.2 Å². The van der Waals surface area contributed by atoms with Crippen LogP contribution in [0.2, 0.25) is 0 Å². The second-order valence-corrected chi connectivity index (χ2v) is 6.16. The average Bonchev–Trinajstić information content (AvgIpc) is 3.10. The van der Waals surface area contributed by atoms with Crippen molar-refractivity contribution in [2.24, 2.45) is 5.10 Å². The monoisotopic (exact) mass is 392 g/mol. The number of anilines is 1. The molecule has 0 fully saturated rings. The first-order chi connectivity index (χ1) is 12.8. The Hall–Kier alpha value is -3.27. The SMILES string of the molecule is O=[N+]([O-])c1cc(C=NNc2nc(-c3ccccc3)cs2)ccc1C(F)(F)F. The van der Waals surface area contributed by atoms with Crippen LogP contribution in [-0.2, 0) is 6.18 Å². The van der Waals surface area contributed by atoms with Crippen molar-refractivity contribution in [2.75, 3.05) is 5.43 Å². The number of thiazole rings is 1. The van der Waals surface area contributed by atoms with Gasteiger partial charge in [0.05, 0.1) is 16.8 Å². The minimum Gasteiger partial charge on any atom is -0.258 e. The summed E-state index contributed by atoms with van der Waals surface area (Å²) in [6, 6.07) is 12.1. The van der Waals surface area contributed by atoms with E-state index in [0.29, 0.717) is 11.2 Å². The second kappa shape index (κ2) is 7.54. The normalized spacial score (nSPS) is 11.7. The highest BCUT2D eigenvalue weighted by Gasteiger charge is 2.38. The molecule has 27 heavy (non-hydrogen) atoms. The fourth-order valence-corrected chi connectivity index (χ4v) is 2.92. The second-order valence-electron chi connectivity index (χ2n) is 5.31. The van der Waals surface area contributed by atoms with Gasteiger partial charge in [0.25, 0.3) is 5.69 Å². The molecule has 3 aromatic rings. The predicted molar refractivity (Wildman–Crippen MR) is 96.9 cm³/mol. The number of aromatic nitrogens is 1. The Kier molecular flexibility index (Phi) is 5.17. The third kappa shape index (κ3) is 4.47. The molecule has 0 unspecified atom stereocenters. The summed E-state index contributed by atoms with van der Waals surface area (Å²) in [5.74, 6) is 0. The fourth-order valence-electron chi connectivity index (χ4n) is 2.25. The van der Waals surface area contributed by atoms with Crippen molar-refractivity contribution >= 4 is 28.4 Å². The first-order valence-corrected chi connectivity index (χ1v) is 8.38. The molecule has 0 saturated carbocycles. The van der Waals surface area contributed by atoms with Gasteiger partial charge in [-0.1, -0.05) is 36.4 Å². The van der Waals surface area contributed by atoms with Gasteiger partial charge in [-0.2, -0.15) is 18.3 Å². The van der Waals surface area contributed by atoms with Gasteiger partial charge < -0.3 is 0 Å². The van der Waals surface area contributed by atoms with E-state index in [9.17, 15) is 23.3 Å².